The van der Waals surface area contributed by atoms with E-state index in [1.165, 1.54) is 27.9 Å². The monoisotopic (exact) mass is 462 g/mol. The first-order valence-electron chi connectivity index (χ1n) is 9.86. The van der Waals surface area contributed by atoms with Crippen LogP contribution in [0.4, 0.5) is 22.0 Å². The SMILES string of the molecule is Cn1nc2c(c1-c1cc(F)c(F)c(F)c1)CCN(C(=O)c1ccc3nnc(C(F)F)n3c1)C2. The Kier molecular flexibility index (Phi) is 4.87. The van der Waals surface area contributed by atoms with E-state index in [1.807, 2.05) is 0 Å². The Labute approximate surface area is 183 Å². The lowest BCUT2D eigenvalue weighted by atomic mass is 9.99. The first-order chi connectivity index (χ1) is 15.7. The smallest absolute Gasteiger partial charge is 0.297 e. The number of fused-ring (bicyclic) bond motifs is 2. The van der Waals surface area contributed by atoms with Crippen LogP contribution < -0.4 is 0 Å². The van der Waals surface area contributed by atoms with Crippen molar-refractivity contribution in [3.05, 3.63) is 70.6 Å². The Bertz CT molecular complexity index is 1390. The fourth-order valence-electron chi connectivity index (χ4n) is 4.11. The lowest BCUT2D eigenvalue weighted by Gasteiger charge is -2.26. The molecule has 0 saturated carbocycles. The molecule has 1 aliphatic rings. The van der Waals surface area contributed by atoms with Crippen LogP contribution in [0.15, 0.2) is 30.5 Å². The normalized spacial score (nSPS) is 13.7. The molecule has 5 rings (SSSR count). The van der Waals surface area contributed by atoms with Crippen molar-refractivity contribution < 1.29 is 26.7 Å². The van der Waals surface area contributed by atoms with Crippen LogP contribution in [0.2, 0.25) is 0 Å². The molecule has 0 fully saturated rings. The second kappa shape index (κ2) is 7.64. The molecule has 4 aromatic rings. The Hall–Kier alpha value is -3.83. The third-order valence-corrected chi connectivity index (χ3v) is 5.62. The summed E-state index contributed by atoms with van der Waals surface area (Å²) in [6, 6.07) is 4.72. The van der Waals surface area contributed by atoms with Crippen molar-refractivity contribution in [3.8, 4) is 11.3 Å². The van der Waals surface area contributed by atoms with Crippen LogP contribution in [0.3, 0.4) is 0 Å². The number of halogens is 5. The fraction of sp³-hybridized carbons (Fsp3) is 0.238. The van der Waals surface area contributed by atoms with Gasteiger partial charge in [-0.25, -0.2) is 22.0 Å². The molecule has 0 radical (unpaired) electrons. The van der Waals surface area contributed by atoms with Gasteiger partial charge in [0, 0.05) is 30.9 Å². The van der Waals surface area contributed by atoms with E-state index in [-0.39, 0.29) is 29.9 Å². The number of carbonyl (C=O) groups excluding carboxylic acids is 1. The molecule has 0 spiro atoms. The second-order valence-electron chi connectivity index (χ2n) is 7.63. The summed E-state index contributed by atoms with van der Waals surface area (Å²) in [5.41, 5.74) is 2.15. The summed E-state index contributed by atoms with van der Waals surface area (Å²) in [6.07, 6.45) is -1.25. The standard InChI is InChI=1S/C21H15F5N6O/c1-30-18(11-6-13(22)17(24)14(23)7-11)12-4-5-31(9-15(12)29-30)21(33)10-2-3-16-27-28-20(19(25)26)32(16)8-10/h2-3,6-8,19H,4-5,9H2,1H3. The summed E-state index contributed by atoms with van der Waals surface area (Å²) < 4.78 is 69.7. The molecule has 0 N–H and O–H groups in total. The van der Waals surface area contributed by atoms with Crippen LogP contribution in [0, 0.1) is 17.5 Å². The molecule has 170 valence electrons. The van der Waals surface area contributed by atoms with E-state index in [4.69, 9.17) is 0 Å². The minimum absolute atomic E-state index is 0.107. The number of aryl methyl sites for hydroxylation is 1. The van der Waals surface area contributed by atoms with Crippen molar-refractivity contribution in [3.63, 3.8) is 0 Å². The zero-order valence-corrected chi connectivity index (χ0v) is 17.1. The Morgan fingerprint density at radius 2 is 1.82 bits per heavy atom. The van der Waals surface area contributed by atoms with E-state index >= 15 is 0 Å². The van der Waals surface area contributed by atoms with E-state index in [0.717, 1.165) is 16.5 Å². The molecule has 4 heterocycles. The molecule has 0 unspecified atom stereocenters. The molecule has 7 nitrogen and oxygen atoms in total. The summed E-state index contributed by atoms with van der Waals surface area (Å²) in [5, 5.41) is 11.5. The molecule has 1 aromatic carbocycles. The third kappa shape index (κ3) is 3.41. The number of hydrogen-bond acceptors (Lipinski definition) is 4. The average Bonchev–Trinajstić information content (AvgIpc) is 3.35. The van der Waals surface area contributed by atoms with E-state index in [1.54, 1.807) is 7.05 Å². The van der Waals surface area contributed by atoms with Gasteiger partial charge in [0.1, 0.15) is 0 Å². The lowest BCUT2D eigenvalue weighted by molar-refractivity contribution is 0.0731. The summed E-state index contributed by atoms with van der Waals surface area (Å²) in [5.74, 6) is -5.12. The van der Waals surface area contributed by atoms with E-state index < -0.39 is 35.6 Å². The van der Waals surface area contributed by atoms with Crippen LogP contribution in [0.1, 0.15) is 33.9 Å². The topological polar surface area (TPSA) is 68.3 Å². The average molecular weight is 462 g/mol. The van der Waals surface area contributed by atoms with Crippen LogP contribution in [-0.4, -0.2) is 41.7 Å². The Morgan fingerprint density at radius 3 is 2.52 bits per heavy atom. The van der Waals surface area contributed by atoms with Gasteiger partial charge >= 0.3 is 0 Å². The lowest BCUT2D eigenvalue weighted by Crippen LogP contribution is -2.36. The van der Waals surface area contributed by atoms with E-state index in [0.29, 0.717) is 23.4 Å². The number of carbonyl (C=O) groups is 1. The number of alkyl halides is 2. The number of benzene rings is 1. The summed E-state index contributed by atoms with van der Waals surface area (Å²) >= 11 is 0. The first kappa shape index (κ1) is 21.0. The zero-order chi connectivity index (χ0) is 23.4. The molecule has 1 amide bonds. The van der Waals surface area contributed by atoms with Gasteiger partial charge < -0.3 is 4.90 Å². The van der Waals surface area contributed by atoms with Crippen molar-refractivity contribution in [2.45, 2.75) is 19.4 Å². The molecule has 0 bridgehead atoms. The highest BCUT2D eigenvalue weighted by Gasteiger charge is 2.29. The molecule has 1 aliphatic heterocycles. The van der Waals surface area contributed by atoms with Crippen molar-refractivity contribution in [2.75, 3.05) is 6.54 Å². The van der Waals surface area contributed by atoms with Gasteiger partial charge in [0.2, 0.25) is 5.82 Å². The molecule has 0 saturated heterocycles. The fourth-order valence-corrected chi connectivity index (χ4v) is 4.11. The predicted molar refractivity (Wildman–Crippen MR) is 105 cm³/mol. The van der Waals surface area contributed by atoms with Crippen molar-refractivity contribution in [1.29, 1.82) is 0 Å². The molecule has 0 aliphatic carbocycles. The molecule has 3 aromatic heterocycles. The molecule has 33 heavy (non-hydrogen) atoms. The maximum Gasteiger partial charge on any atom is 0.297 e. The van der Waals surface area contributed by atoms with Gasteiger partial charge in [0.05, 0.1) is 23.5 Å². The second-order valence-corrected chi connectivity index (χ2v) is 7.63. The zero-order valence-electron chi connectivity index (χ0n) is 17.1. The summed E-state index contributed by atoms with van der Waals surface area (Å²) in [6.45, 7) is 0.370. The predicted octanol–water partition coefficient (Wildman–Crippen LogP) is 3.68. The van der Waals surface area contributed by atoms with Gasteiger partial charge in [-0.3, -0.25) is 13.9 Å². The van der Waals surface area contributed by atoms with E-state index in [2.05, 4.69) is 15.3 Å². The first-order valence-corrected chi connectivity index (χ1v) is 9.86. The van der Waals surface area contributed by atoms with Crippen LogP contribution in [0.25, 0.3) is 16.9 Å². The van der Waals surface area contributed by atoms with Gasteiger partial charge in [0.15, 0.2) is 23.1 Å². The highest BCUT2D eigenvalue weighted by molar-refractivity contribution is 5.94. The van der Waals surface area contributed by atoms with Crippen molar-refractivity contribution in [2.24, 2.45) is 7.05 Å². The van der Waals surface area contributed by atoms with Crippen LogP contribution in [-0.2, 0) is 20.0 Å². The van der Waals surface area contributed by atoms with Crippen molar-refractivity contribution in [1.82, 2.24) is 29.3 Å². The van der Waals surface area contributed by atoms with Gasteiger partial charge in [-0.1, -0.05) is 0 Å². The molecular formula is C21H15F5N6O. The maximum absolute atomic E-state index is 13.8. The maximum atomic E-state index is 13.8. The van der Waals surface area contributed by atoms with Gasteiger partial charge in [-0.15, -0.1) is 10.2 Å². The highest BCUT2D eigenvalue weighted by Crippen LogP contribution is 2.32. The quantitative estimate of drug-likeness (QED) is 0.344. The van der Waals surface area contributed by atoms with Gasteiger partial charge in [-0.05, 0) is 30.7 Å². The molecular weight excluding hydrogens is 447 g/mol. The van der Waals surface area contributed by atoms with Crippen molar-refractivity contribution >= 4 is 11.6 Å². The Morgan fingerprint density at radius 1 is 1.09 bits per heavy atom. The highest BCUT2D eigenvalue weighted by atomic mass is 19.3. The Balaban J connectivity index is 1.46. The van der Waals surface area contributed by atoms with Gasteiger partial charge in [-0.2, -0.15) is 5.10 Å². The van der Waals surface area contributed by atoms with Crippen LogP contribution >= 0.6 is 0 Å². The summed E-state index contributed by atoms with van der Waals surface area (Å²) in [7, 11) is 1.59. The minimum atomic E-state index is -2.85. The largest absolute Gasteiger partial charge is 0.332 e. The van der Waals surface area contributed by atoms with E-state index in [9.17, 15) is 26.7 Å². The van der Waals surface area contributed by atoms with Gasteiger partial charge in [0.25, 0.3) is 12.3 Å². The number of aromatic nitrogens is 5. The molecule has 0 atom stereocenters. The van der Waals surface area contributed by atoms with Crippen LogP contribution in [0.5, 0.6) is 0 Å². The molecule has 12 heteroatoms. The number of rotatable bonds is 3. The number of nitrogens with zero attached hydrogens (tertiary/aromatic N) is 6. The number of hydrogen-bond donors (Lipinski definition) is 0. The number of amides is 1. The number of pyridine rings is 1. The third-order valence-electron chi connectivity index (χ3n) is 5.62. The summed E-state index contributed by atoms with van der Waals surface area (Å²) in [4.78, 5) is 14.6. The minimum Gasteiger partial charge on any atom is -0.332 e.